The normalized spacial score (nSPS) is 20.6. The van der Waals surface area contributed by atoms with Crippen molar-refractivity contribution < 1.29 is 63.5 Å². The third-order valence-corrected chi connectivity index (χ3v) is 18.2. The van der Waals surface area contributed by atoms with Crippen LogP contribution < -0.4 is 11.1 Å². The first-order valence-corrected chi connectivity index (χ1v) is 34.1. The Morgan fingerprint density at radius 1 is 0.582 bits per heavy atom. The van der Waals surface area contributed by atoms with Crippen LogP contribution in [-0.2, 0) is 44.8 Å². The molecule has 98 heavy (non-hydrogen) atoms. The quantitative estimate of drug-likeness (QED) is 0.0616. The third kappa shape index (κ3) is 15.7. The monoisotopic (exact) mass is 1380 g/mol. The number of aliphatic hydroxyl groups is 2. The summed E-state index contributed by atoms with van der Waals surface area (Å²) in [7, 11) is -3.99. The van der Waals surface area contributed by atoms with Crippen molar-refractivity contribution in [2.75, 3.05) is 51.0 Å². The van der Waals surface area contributed by atoms with Crippen LogP contribution in [0.3, 0.4) is 0 Å². The molecular formula is C67H74F6N16O8S. The topological polar surface area (TPSA) is 303 Å². The number of halogens is 6. The van der Waals surface area contributed by atoms with E-state index in [2.05, 4.69) is 62.6 Å². The van der Waals surface area contributed by atoms with Gasteiger partial charge in [0.1, 0.15) is 45.4 Å². The number of nitrogens with zero attached hydrogens (tertiary/aromatic N) is 14. The second-order valence-corrected chi connectivity index (χ2v) is 27.1. The van der Waals surface area contributed by atoms with E-state index in [0.717, 1.165) is 69.8 Å². The van der Waals surface area contributed by atoms with E-state index in [1.165, 1.54) is 10.2 Å². The molecule has 0 radical (unpaired) electrons. The zero-order valence-electron chi connectivity index (χ0n) is 54.4. The van der Waals surface area contributed by atoms with Crippen LogP contribution in [0, 0.1) is 27.7 Å². The smallest absolute Gasteiger partial charge is 0.392 e. The molecule has 518 valence electrons. The molecule has 4 saturated heterocycles. The number of alkyl halides is 6. The van der Waals surface area contributed by atoms with Gasteiger partial charge in [-0.1, -0.05) is 71.0 Å². The summed E-state index contributed by atoms with van der Waals surface area (Å²) >= 11 is 0. The second kappa shape index (κ2) is 29.0. The molecule has 2 aromatic carbocycles. The second-order valence-electron chi connectivity index (χ2n) is 25.1. The number of benzene rings is 2. The first kappa shape index (κ1) is 69.2. The number of nitrogens with two attached hydrogens (primary N) is 1. The van der Waals surface area contributed by atoms with Crippen LogP contribution in [0.1, 0.15) is 109 Å². The van der Waals surface area contributed by atoms with Crippen molar-refractivity contribution in [2.24, 2.45) is 5.73 Å². The summed E-state index contributed by atoms with van der Waals surface area (Å²) in [6.45, 7) is 12.2. The van der Waals surface area contributed by atoms with Gasteiger partial charge in [-0.05, 0) is 114 Å². The van der Waals surface area contributed by atoms with E-state index in [-0.39, 0.29) is 52.3 Å². The predicted octanol–water partition coefficient (Wildman–Crippen LogP) is 10.8. The third-order valence-electron chi connectivity index (χ3n) is 17.4. The summed E-state index contributed by atoms with van der Waals surface area (Å²) in [6, 6.07) is 26.6. The van der Waals surface area contributed by atoms with Crippen molar-refractivity contribution in [1.82, 2.24) is 69.6 Å². The summed E-state index contributed by atoms with van der Waals surface area (Å²) in [5.41, 5.74) is 9.20. The SMILES string of the molecule is Cc1noc(C)c1-c1ccc2c(-c3nc(N[C@H]4C[C@@H](O)CN(Cc5ccccc5)C4)ncc3C(F)(F)F)nn(C3CCCCO3)c2n1.Cc1noc(C)c1-c1ccc2c(-c3nc(S(C)(=O)=O)ncc3C(F)(F)F)nn(C3CCCCO3)c2n1.N[C@H]1C[C@@H](O)CN(Cc2ccccc2)C1. The average molecular weight is 1380 g/mol. The summed E-state index contributed by atoms with van der Waals surface area (Å²) in [5.74, 6) is 1.13. The van der Waals surface area contributed by atoms with Gasteiger partial charge in [0.2, 0.25) is 20.9 Å². The molecule has 6 atom stereocenters. The zero-order chi connectivity index (χ0) is 69.2. The van der Waals surface area contributed by atoms with Gasteiger partial charge in [-0.3, -0.25) is 9.80 Å². The Morgan fingerprint density at radius 2 is 1.05 bits per heavy atom. The van der Waals surface area contributed by atoms with E-state index in [0.29, 0.717) is 115 Å². The van der Waals surface area contributed by atoms with Crippen LogP contribution in [0.5, 0.6) is 0 Å². The largest absolute Gasteiger partial charge is 0.420 e. The Labute approximate surface area is 559 Å². The van der Waals surface area contributed by atoms with Crippen molar-refractivity contribution in [3.05, 3.63) is 142 Å². The first-order valence-electron chi connectivity index (χ1n) is 32.2. The molecule has 8 aromatic heterocycles. The Balaban J connectivity index is 0.000000157. The summed E-state index contributed by atoms with van der Waals surface area (Å²) in [4.78, 5) is 29.6. The molecular weight excluding hydrogens is 1300 g/mol. The fourth-order valence-corrected chi connectivity index (χ4v) is 13.5. The number of aliphatic hydroxyl groups excluding tert-OH is 2. The van der Waals surface area contributed by atoms with E-state index < -0.39 is 62.7 Å². The molecule has 12 heterocycles. The van der Waals surface area contributed by atoms with Gasteiger partial charge in [0, 0.05) is 94.0 Å². The molecule has 0 aliphatic carbocycles. The highest BCUT2D eigenvalue weighted by molar-refractivity contribution is 7.90. The number of likely N-dealkylation sites (tertiary alicyclic amines) is 2. The van der Waals surface area contributed by atoms with Gasteiger partial charge in [-0.2, -0.15) is 36.5 Å². The molecule has 5 N–H and O–H groups in total. The van der Waals surface area contributed by atoms with Crippen LogP contribution in [0.25, 0.3) is 67.4 Å². The molecule has 2 unspecified atom stereocenters. The van der Waals surface area contributed by atoms with Gasteiger partial charge in [0.05, 0.1) is 46.1 Å². The number of rotatable bonds is 13. The van der Waals surface area contributed by atoms with Crippen molar-refractivity contribution in [1.29, 1.82) is 0 Å². The molecule has 4 aliphatic rings. The number of anilines is 1. The van der Waals surface area contributed by atoms with Crippen LogP contribution in [0.2, 0.25) is 0 Å². The average Bonchev–Trinajstić information content (AvgIpc) is 1.58. The molecule has 0 spiro atoms. The first-order chi connectivity index (χ1) is 46.8. The summed E-state index contributed by atoms with van der Waals surface area (Å²) in [5, 5.41) is 40.5. The van der Waals surface area contributed by atoms with Crippen LogP contribution in [-0.4, -0.2) is 158 Å². The number of fused-ring (bicyclic) bond motifs is 2. The lowest BCUT2D eigenvalue weighted by Crippen LogP contribution is -2.48. The molecule has 24 nitrogen and oxygen atoms in total. The van der Waals surface area contributed by atoms with Crippen LogP contribution in [0.15, 0.2) is 112 Å². The Bertz CT molecular complexity index is 4490. The zero-order valence-corrected chi connectivity index (χ0v) is 55.2. The van der Waals surface area contributed by atoms with Crippen molar-refractivity contribution in [3.63, 3.8) is 0 Å². The van der Waals surface area contributed by atoms with Crippen LogP contribution >= 0.6 is 0 Å². The molecule has 4 aliphatic heterocycles. The van der Waals surface area contributed by atoms with Crippen LogP contribution in [0.4, 0.5) is 32.3 Å². The highest BCUT2D eigenvalue weighted by Gasteiger charge is 2.40. The van der Waals surface area contributed by atoms with Gasteiger partial charge >= 0.3 is 12.4 Å². The number of pyridine rings is 2. The minimum Gasteiger partial charge on any atom is -0.392 e. The van der Waals surface area contributed by atoms with Gasteiger partial charge in [-0.15, -0.1) is 0 Å². The van der Waals surface area contributed by atoms with Crippen molar-refractivity contribution in [2.45, 2.75) is 146 Å². The number of ether oxygens (including phenoxy) is 2. The molecule has 31 heteroatoms. The van der Waals surface area contributed by atoms with E-state index >= 15 is 0 Å². The molecule has 14 rings (SSSR count). The minimum absolute atomic E-state index is 0.0173. The predicted molar refractivity (Wildman–Crippen MR) is 348 cm³/mol. The number of piperidine rings is 2. The van der Waals surface area contributed by atoms with Gasteiger partial charge in [0.25, 0.3) is 0 Å². The lowest BCUT2D eigenvalue weighted by atomic mass is 10.0. The Kier molecular flexibility index (Phi) is 20.5. The van der Waals surface area contributed by atoms with Gasteiger partial charge < -0.3 is 39.8 Å². The minimum atomic E-state index is -4.85. The number of hydrogen-bond acceptors (Lipinski definition) is 22. The summed E-state index contributed by atoms with van der Waals surface area (Å²) < 4.78 is 135. The standard InChI is InChI=1S/C33H35F3N8O3.C22H21F3N6O4S.C12H18N2O/c1-19-28(20(2)47-42-19)26-12-11-24-29(41-44(31(24)39-26)27-10-6-7-13-46-27)30-25(33(34,35)36)15-37-32(40-30)38-22-14-23(45)18-43(17-22)16-21-8-4-3-5-9-21;1-11-17(12(2)35-30-11)15-8-7-13-18(29-31(20(13)27-15)16-6-4-5-9-34-16)19-14(22(23,24)25)10-26-21(28-19)36(3,32)33;13-11-6-12(15)9-14(8-11)7-10-4-2-1-3-5-10/h3-5,8-9,11-12,15,22-23,27,45H,6-7,10,13-14,16-18H2,1-2H3,(H,37,38,40);7-8,10,16H,4-6,9H2,1-3H3;1-5,11-12,15H,6-9,13H2/t22-,23+,27?;;11-,12+/m0.0/s1. The number of aryl methyl sites for hydroxylation is 4. The highest BCUT2D eigenvalue weighted by atomic mass is 32.2. The van der Waals surface area contributed by atoms with Gasteiger partial charge in [-0.25, -0.2) is 47.7 Å². The number of nitrogens with one attached hydrogen (secondary N) is 1. The molecule has 4 fully saturated rings. The molecule has 0 amide bonds. The van der Waals surface area contributed by atoms with E-state index in [4.69, 9.17) is 39.3 Å². The van der Waals surface area contributed by atoms with Crippen molar-refractivity contribution in [3.8, 4) is 45.3 Å². The molecule has 0 saturated carbocycles. The number of hydrogen-bond donors (Lipinski definition) is 4. The number of sulfone groups is 1. The van der Waals surface area contributed by atoms with E-state index in [9.17, 15) is 45.0 Å². The Hall–Kier alpha value is -8.69. The fraction of sp³-hybridized carbons (Fsp3) is 0.433. The fourth-order valence-electron chi connectivity index (χ4n) is 13.0. The maximum Gasteiger partial charge on any atom is 0.420 e. The Morgan fingerprint density at radius 3 is 1.49 bits per heavy atom. The number of β-amino-alcohol motifs (C(OH)–C–C–N with tert-alkyl or cyclic N) is 2. The maximum atomic E-state index is 14.5. The van der Waals surface area contributed by atoms with E-state index in [1.807, 2.05) is 55.5 Å². The lowest BCUT2D eigenvalue weighted by Gasteiger charge is -2.36. The maximum absolute atomic E-state index is 14.5. The number of aromatic nitrogens is 12. The highest BCUT2D eigenvalue weighted by Crippen LogP contribution is 2.43. The molecule has 10 aromatic rings. The van der Waals surface area contributed by atoms with Gasteiger partial charge in [0.15, 0.2) is 23.8 Å². The molecule has 0 bridgehead atoms. The summed E-state index contributed by atoms with van der Waals surface area (Å²) in [6.07, 6.45) is -3.67. The lowest BCUT2D eigenvalue weighted by molar-refractivity contribution is -0.138. The van der Waals surface area contributed by atoms with E-state index in [1.54, 1.807) is 49.7 Å². The van der Waals surface area contributed by atoms with Crippen molar-refractivity contribution >= 4 is 37.9 Å².